The third kappa shape index (κ3) is 4.05. The normalized spacial score (nSPS) is 14.3. The minimum absolute atomic E-state index is 0.0261. The van der Waals surface area contributed by atoms with Gasteiger partial charge in [-0.1, -0.05) is 12.1 Å². The number of para-hydroxylation sites is 1. The van der Waals surface area contributed by atoms with Crippen molar-refractivity contribution in [1.29, 1.82) is 0 Å². The highest BCUT2D eigenvalue weighted by Gasteiger charge is 2.34. The van der Waals surface area contributed by atoms with Crippen molar-refractivity contribution in [2.45, 2.75) is 0 Å². The first-order chi connectivity index (χ1) is 13.0. The first-order valence-electron chi connectivity index (χ1n) is 8.29. The van der Waals surface area contributed by atoms with Gasteiger partial charge in [-0.25, -0.2) is 4.39 Å². The zero-order valence-electron chi connectivity index (χ0n) is 14.6. The van der Waals surface area contributed by atoms with Crippen LogP contribution < -0.4 is 15.0 Å². The maximum absolute atomic E-state index is 13.6. The zero-order valence-corrected chi connectivity index (χ0v) is 14.6. The van der Waals surface area contributed by atoms with Crippen LogP contribution in [0.4, 0.5) is 15.8 Å². The minimum Gasteiger partial charge on any atom is -0.497 e. The molecule has 1 fully saturated rings. The molecule has 140 valence electrons. The lowest BCUT2D eigenvalue weighted by Crippen LogP contribution is -2.56. The number of benzene rings is 2. The van der Waals surface area contributed by atoms with Gasteiger partial charge in [-0.3, -0.25) is 14.4 Å². The number of amides is 3. The van der Waals surface area contributed by atoms with Gasteiger partial charge in [0.25, 0.3) is 0 Å². The number of carbonyl (C=O) groups is 3. The standard InChI is InChI=1S/C19H18FN3O4/c1-27-14-8-6-13(7-9-14)23-11-10-22(18(25)19(23)26)12-17(24)21-16-5-3-2-4-15(16)20/h2-9H,10-12H2,1H3,(H,21,24). The Hall–Kier alpha value is -3.42. The molecule has 0 bridgehead atoms. The van der Waals surface area contributed by atoms with Crippen molar-refractivity contribution in [1.82, 2.24) is 4.90 Å². The molecule has 1 N–H and O–H groups in total. The molecule has 27 heavy (non-hydrogen) atoms. The first-order valence-corrected chi connectivity index (χ1v) is 8.29. The maximum atomic E-state index is 13.6. The van der Waals surface area contributed by atoms with Gasteiger partial charge >= 0.3 is 11.8 Å². The fourth-order valence-corrected chi connectivity index (χ4v) is 2.76. The quantitative estimate of drug-likeness (QED) is 0.811. The summed E-state index contributed by atoms with van der Waals surface area (Å²) in [6, 6.07) is 12.5. The Balaban J connectivity index is 1.63. The summed E-state index contributed by atoms with van der Waals surface area (Å²) in [4.78, 5) is 39.3. The number of halogens is 1. The monoisotopic (exact) mass is 371 g/mol. The highest BCUT2D eigenvalue weighted by atomic mass is 19.1. The Morgan fingerprint density at radius 1 is 1.07 bits per heavy atom. The summed E-state index contributed by atoms with van der Waals surface area (Å²) < 4.78 is 18.7. The smallest absolute Gasteiger partial charge is 0.316 e. The van der Waals surface area contributed by atoms with E-state index in [0.29, 0.717) is 11.4 Å². The number of hydrogen-bond acceptors (Lipinski definition) is 4. The molecule has 0 saturated carbocycles. The molecule has 1 aliphatic heterocycles. The number of methoxy groups -OCH3 is 1. The SMILES string of the molecule is COc1ccc(N2CCN(CC(=O)Nc3ccccc3F)C(=O)C2=O)cc1. The predicted octanol–water partition coefficient (Wildman–Crippen LogP) is 1.65. The Morgan fingerprint density at radius 2 is 1.78 bits per heavy atom. The highest BCUT2D eigenvalue weighted by Crippen LogP contribution is 2.21. The fourth-order valence-electron chi connectivity index (χ4n) is 2.76. The molecule has 1 saturated heterocycles. The Bertz CT molecular complexity index is 870. The zero-order chi connectivity index (χ0) is 19.4. The number of anilines is 2. The van der Waals surface area contributed by atoms with Gasteiger partial charge < -0.3 is 19.9 Å². The Kier molecular flexibility index (Phi) is 5.35. The fraction of sp³-hybridized carbons (Fsp3) is 0.211. The van der Waals surface area contributed by atoms with Crippen LogP contribution >= 0.6 is 0 Å². The molecule has 2 aromatic carbocycles. The van der Waals surface area contributed by atoms with Crippen LogP contribution in [0.1, 0.15) is 0 Å². The summed E-state index contributed by atoms with van der Waals surface area (Å²) in [5.74, 6) is -2.00. The van der Waals surface area contributed by atoms with Gasteiger partial charge in [0.2, 0.25) is 5.91 Å². The van der Waals surface area contributed by atoms with Crippen molar-refractivity contribution in [3.8, 4) is 5.75 Å². The van der Waals surface area contributed by atoms with Crippen LogP contribution in [0.3, 0.4) is 0 Å². The lowest BCUT2D eigenvalue weighted by Gasteiger charge is -2.33. The Labute approximate surface area is 155 Å². The van der Waals surface area contributed by atoms with Gasteiger partial charge in [-0.2, -0.15) is 0 Å². The second-order valence-electron chi connectivity index (χ2n) is 5.91. The molecule has 0 radical (unpaired) electrons. The topological polar surface area (TPSA) is 79.0 Å². The van der Waals surface area contributed by atoms with E-state index in [1.807, 2.05) is 0 Å². The van der Waals surface area contributed by atoms with Crippen LogP contribution in [-0.2, 0) is 14.4 Å². The Morgan fingerprint density at radius 3 is 2.44 bits per heavy atom. The number of nitrogens with zero attached hydrogens (tertiary/aromatic N) is 2. The molecule has 1 aliphatic rings. The van der Waals surface area contributed by atoms with Crippen LogP contribution in [0.5, 0.6) is 5.75 Å². The molecular formula is C19H18FN3O4. The molecule has 0 aliphatic carbocycles. The summed E-state index contributed by atoms with van der Waals surface area (Å²) in [7, 11) is 1.54. The van der Waals surface area contributed by atoms with E-state index < -0.39 is 23.5 Å². The van der Waals surface area contributed by atoms with Crippen LogP contribution in [0.15, 0.2) is 48.5 Å². The van der Waals surface area contributed by atoms with Crippen molar-refractivity contribution in [2.75, 3.05) is 37.0 Å². The third-order valence-corrected chi connectivity index (χ3v) is 4.18. The van der Waals surface area contributed by atoms with Crippen molar-refractivity contribution < 1.29 is 23.5 Å². The van der Waals surface area contributed by atoms with Crippen molar-refractivity contribution >= 4 is 29.1 Å². The summed E-state index contributed by atoms with van der Waals surface area (Å²) in [6.07, 6.45) is 0. The van der Waals surface area contributed by atoms with Crippen LogP contribution in [0.25, 0.3) is 0 Å². The van der Waals surface area contributed by atoms with Crippen molar-refractivity contribution in [3.05, 3.63) is 54.3 Å². The second kappa shape index (κ2) is 7.86. The van der Waals surface area contributed by atoms with Gasteiger partial charge in [-0.05, 0) is 36.4 Å². The van der Waals surface area contributed by atoms with Crippen LogP contribution in [0, 0.1) is 5.82 Å². The van der Waals surface area contributed by atoms with Crippen molar-refractivity contribution in [3.63, 3.8) is 0 Å². The van der Waals surface area contributed by atoms with E-state index in [1.165, 1.54) is 30.2 Å². The molecule has 0 unspecified atom stereocenters. The largest absolute Gasteiger partial charge is 0.497 e. The highest BCUT2D eigenvalue weighted by molar-refractivity contribution is 6.41. The lowest BCUT2D eigenvalue weighted by atomic mass is 10.2. The molecule has 2 aromatic rings. The number of rotatable bonds is 5. The summed E-state index contributed by atoms with van der Waals surface area (Å²) in [6.45, 7) is 0.126. The molecule has 0 atom stereocenters. The van der Waals surface area contributed by atoms with Gasteiger partial charge in [0.1, 0.15) is 18.1 Å². The van der Waals surface area contributed by atoms with E-state index >= 15 is 0 Å². The van der Waals surface area contributed by atoms with Gasteiger partial charge in [-0.15, -0.1) is 0 Å². The van der Waals surface area contributed by atoms with E-state index in [-0.39, 0.29) is 25.3 Å². The number of ether oxygens (including phenoxy) is 1. The molecule has 8 heteroatoms. The summed E-state index contributed by atoms with van der Waals surface area (Å²) in [5, 5.41) is 2.40. The average Bonchev–Trinajstić information content (AvgIpc) is 2.68. The summed E-state index contributed by atoms with van der Waals surface area (Å²) in [5.41, 5.74) is 0.600. The molecule has 3 rings (SSSR count). The van der Waals surface area contributed by atoms with E-state index in [1.54, 1.807) is 30.3 Å². The molecule has 0 aromatic heterocycles. The van der Waals surface area contributed by atoms with Gasteiger partial charge in [0.15, 0.2) is 0 Å². The van der Waals surface area contributed by atoms with Crippen LogP contribution in [0.2, 0.25) is 0 Å². The number of hydrogen-bond donors (Lipinski definition) is 1. The molecular weight excluding hydrogens is 353 g/mol. The van der Waals surface area contributed by atoms with E-state index in [0.717, 1.165) is 4.90 Å². The minimum atomic E-state index is -0.777. The molecule has 0 spiro atoms. The third-order valence-electron chi connectivity index (χ3n) is 4.18. The molecule has 1 heterocycles. The average molecular weight is 371 g/mol. The first kappa shape index (κ1) is 18.4. The van der Waals surface area contributed by atoms with Crippen LogP contribution in [-0.4, -0.2) is 49.4 Å². The van der Waals surface area contributed by atoms with E-state index in [2.05, 4.69) is 5.32 Å². The number of piperazine rings is 1. The van der Waals surface area contributed by atoms with E-state index in [9.17, 15) is 18.8 Å². The second-order valence-corrected chi connectivity index (χ2v) is 5.91. The maximum Gasteiger partial charge on any atom is 0.316 e. The number of nitrogens with one attached hydrogen (secondary N) is 1. The lowest BCUT2D eigenvalue weighted by molar-refractivity contribution is -0.147. The van der Waals surface area contributed by atoms with Crippen molar-refractivity contribution in [2.24, 2.45) is 0 Å². The molecule has 7 nitrogen and oxygen atoms in total. The van der Waals surface area contributed by atoms with E-state index in [4.69, 9.17) is 4.74 Å². The number of carbonyl (C=O) groups excluding carboxylic acids is 3. The van der Waals surface area contributed by atoms with Gasteiger partial charge in [0.05, 0.1) is 12.8 Å². The summed E-state index contributed by atoms with van der Waals surface area (Å²) >= 11 is 0. The van der Waals surface area contributed by atoms with Gasteiger partial charge in [0, 0.05) is 18.8 Å². The predicted molar refractivity (Wildman–Crippen MR) is 97.0 cm³/mol. The molecule has 3 amide bonds.